The summed E-state index contributed by atoms with van der Waals surface area (Å²) in [7, 11) is 0. The Morgan fingerprint density at radius 1 is 1.47 bits per heavy atom. The fraction of sp³-hybridized carbons (Fsp3) is 0.500. The Morgan fingerprint density at radius 2 is 2.26 bits per heavy atom. The quantitative estimate of drug-likeness (QED) is 0.881. The number of halogens is 1. The molecule has 0 spiro atoms. The predicted octanol–water partition coefficient (Wildman–Crippen LogP) is 3.66. The molecule has 1 atom stereocenters. The van der Waals surface area contributed by atoms with E-state index >= 15 is 0 Å². The normalized spacial score (nSPS) is 12.8. The Labute approximate surface area is 122 Å². The molecule has 2 aromatic heterocycles. The van der Waals surface area contributed by atoms with E-state index < -0.39 is 0 Å². The molecule has 2 rings (SSSR count). The zero-order valence-electron chi connectivity index (χ0n) is 11.6. The van der Waals surface area contributed by atoms with Crippen molar-refractivity contribution in [1.82, 2.24) is 15.1 Å². The van der Waals surface area contributed by atoms with Crippen LogP contribution >= 0.6 is 15.9 Å². The summed E-state index contributed by atoms with van der Waals surface area (Å²) in [6.45, 7) is 8.09. The van der Waals surface area contributed by atoms with Gasteiger partial charge in [-0.3, -0.25) is 4.68 Å². The lowest BCUT2D eigenvalue weighted by molar-refractivity contribution is 0.425. The van der Waals surface area contributed by atoms with Gasteiger partial charge in [0.1, 0.15) is 11.8 Å². The van der Waals surface area contributed by atoms with Crippen molar-refractivity contribution in [2.45, 2.75) is 39.8 Å². The zero-order chi connectivity index (χ0) is 13.8. The Hall–Kier alpha value is -1.07. The highest BCUT2D eigenvalue weighted by Gasteiger charge is 2.24. The van der Waals surface area contributed by atoms with Gasteiger partial charge in [0.05, 0.1) is 22.6 Å². The first kappa shape index (κ1) is 14.3. The Bertz CT molecular complexity index is 533. The number of aryl methyl sites for hydroxylation is 2. The van der Waals surface area contributed by atoms with Crippen LogP contribution in [0.4, 0.5) is 0 Å². The standard InChI is InChI=1S/C14H20BrN3O/c1-4-7-18-13(11(15)9-17-18)12(16-5-2)14-10(3)6-8-19-14/h6,8-9,12,16H,4-5,7H2,1-3H3. The summed E-state index contributed by atoms with van der Waals surface area (Å²) in [5, 5.41) is 7.92. The molecule has 104 valence electrons. The lowest BCUT2D eigenvalue weighted by Gasteiger charge is -2.19. The average Bonchev–Trinajstić information content (AvgIpc) is 2.95. The molecule has 19 heavy (non-hydrogen) atoms. The van der Waals surface area contributed by atoms with Crippen LogP contribution in [0, 0.1) is 6.92 Å². The van der Waals surface area contributed by atoms with Crippen LogP contribution in [0.2, 0.25) is 0 Å². The first-order valence-electron chi connectivity index (χ1n) is 6.67. The van der Waals surface area contributed by atoms with Crippen LogP contribution in [0.15, 0.2) is 27.4 Å². The number of nitrogens with one attached hydrogen (secondary N) is 1. The molecule has 0 amide bonds. The molecule has 1 N–H and O–H groups in total. The largest absolute Gasteiger partial charge is 0.467 e. The fourth-order valence-corrected chi connectivity index (χ4v) is 2.77. The van der Waals surface area contributed by atoms with E-state index in [0.29, 0.717) is 0 Å². The summed E-state index contributed by atoms with van der Waals surface area (Å²) in [6, 6.07) is 2.03. The van der Waals surface area contributed by atoms with Gasteiger partial charge in [-0.2, -0.15) is 5.10 Å². The van der Waals surface area contributed by atoms with E-state index in [2.05, 4.69) is 47.1 Å². The van der Waals surface area contributed by atoms with E-state index in [1.165, 1.54) is 0 Å². The van der Waals surface area contributed by atoms with Gasteiger partial charge in [-0.15, -0.1) is 0 Å². The molecule has 0 aliphatic heterocycles. The van der Waals surface area contributed by atoms with Crippen molar-refractivity contribution in [3.05, 3.63) is 40.0 Å². The molecule has 0 radical (unpaired) electrons. The highest BCUT2D eigenvalue weighted by Crippen LogP contribution is 2.31. The first-order valence-corrected chi connectivity index (χ1v) is 7.46. The summed E-state index contributed by atoms with van der Waals surface area (Å²) in [6.07, 6.45) is 4.65. The van der Waals surface area contributed by atoms with Crippen LogP contribution in [-0.2, 0) is 6.54 Å². The van der Waals surface area contributed by atoms with Crippen molar-refractivity contribution in [2.75, 3.05) is 6.54 Å². The molecular formula is C14H20BrN3O. The minimum Gasteiger partial charge on any atom is -0.467 e. The molecule has 0 aromatic carbocycles. The smallest absolute Gasteiger partial charge is 0.129 e. The Morgan fingerprint density at radius 3 is 2.84 bits per heavy atom. The fourth-order valence-electron chi connectivity index (χ4n) is 2.25. The average molecular weight is 326 g/mol. The van der Waals surface area contributed by atoms with E-state index in [0.717, 1.165) is 41.0 Å². The molecule has 0 saturated heterocycles. The molecule has 0 aliphatic rings. The number of nitrogens with zero attached hydrogens (tertiary/aromatic N) is 2. The summed E-state index contributed by atoms with van der Waals surface area (Å²) in [5.74, 6) is 0.959. The van der Waals surface area contributed by atoms with Crippen molar-refractivity contribution >= 4 is 15.9 Å². The minimum absolute atomic E-state index is 0.0309. The zero-order valence-corrected chi connectivity index (χ0v) is 13.2. The number of hydrogen-bond donors (Lipinski definition) is 1. The van der Waals surface area contributed by atoms with E-state index in [4.69, 9.17) is 4.42 Å². The monoisotopic (exact) mass is 325 g/mol. The molecule has 0 aliphatic carbocycles. The van der Waals surface area contributed by atoms with Crippen LogP contribution in [-0.4, -0.2) is 16.3 Å². The van der Waals surface area contributed by atoms with Crippen LogP contribution < -0.4 is 5.32 Å². The molecule has 4 nitrogen and oxygen atoms in total. The van der Waals surface area contributed by atoms with Gasteiger partial charge in [0, 0.05) is 6.54 Å². The number of rotatable bonds is 6. The third-order valence-corrected chi connectivity index (χ3v) is 3.73. The maximum atomic E-state index is 5.67. The minimum atomic E-state index is 0.0309. The molecule has 2 heterocycles. The third kappa shape index (κ3) is 2.92. The van der Waals surface area contributed by atoms with Gasteiger partial charge in [-0.1, -0.05) is 13.8 Å². The van der Waals surface area contributed by atoms with Crippen molar-refractivity contribution in [2.24, 2.45) is 0 Å². The van der Waals surface area contributed by atoms with Crippen LogP contribution in [0.1, 0.15) is 43.3 Å². The first-order chi connectivity index (χ1) is 9.19. The van der Waals surface area contributed by atoms with Gasteiger partial charge in [-0.25, -0.2) is 0 Å². The highest BCUT2D eigenvalue weighted by molar-refractivity contribution is 9.10. The SMILES string of the molecule is CCCn1ncc(Br)c1C(NCC)c1occc1C. The molecule has 0 bridgehead atoms. The van der Waals surface area contributed by atoms with Gasteiger partial charge in [0.2, 0.25) is 0 Å². The van der Waals surface area contributed by atoms with E-state index in [9.17, 15) is 0 Å². The third-order valence-electron chi connectivity index (χ3n) is 3.11. The van der Waals surface area contributed by atoms with E-state index in [1.807, 2.05) is 16.9 Å². The van der Waals surface area contributed by atoms with Crippen LogP contribution in [0.5, 0.6) is 0 Å². The van der Waals surface area contributed by atoms with Crippen molar-refractivity contribution < 1.29 is 4.42 Å². The maximum absolute atomic E-state index is 5.67. The van der Waals surface area contributed by atoms with Crippen LogP contribution in [0.3, 0.4) is 0 Å². The predicted molar refractivity (Wildman–Crippen MR) is 79.2 cm³/mol. The second-order valence-corrected chi connectivity index (χ2v) is 5.41. The number of hydrogen-bond acceptors (Lipinski definition) is 3. The van der Waals surface area contributed by atoms with E-state index in [-0.39, 0.29) is 6.04 Å². The lowest BCUT2D eigenvalue weighted by atomic mass is 10.1. The van der Waals surface area contributed by atoms with E-state index in [1.54, 1.807) is 6.26 Å². The molecule has 2 aromatic rings. The van der Waals surface area contributed by atoms with Crippen LogP contribution in [0.25, 0.3) is 0 Å². The van der Waals surface area contributed by atoms with Crippen molar-refractivity contribution in [3.63, 3.8) is 0 Å². The second-order valence-electron chi connectivity index (χ2n) is 4.56. The highest BCUT2D eigenvalue weighted by atomic mass is 79.9. The van der Waals surface area contributed by atoms with Crippen molar-refractivity contribution in [3.8, 4) is 0 Å². The molecule has 0 saturated carbocycles. The van der Waals surface area contributed by atoms with Gasteiger partial charge >= 0.3 is 0 Å². The van der Waals surface area contributed by atoms with Gasteiger partial charge in [0.25, 0.3) is 0 Å². The molecule has 0 fully saturated rings. The number of furan rings is 1. The summed E-state index contributed by atoms with van der Waals surface area (Å²) in [5.41, 5.74) is 2.28. The maximum Gasteiger partial charge on any atom is 0.129 e. The van der Waals surface area contributed by atoms with Gasteiger partial charge in [0.15, 0.2) is 0 Å². The lowest BCUT2D eigenvalue weighted by Crippen LogP contribution is -2.25. The molecular weight excluding hydrogens is 306 g/mol. The summed E-state index contributed by atoms with van der Waals surface area (Å²) >= 11 is 3.60. The van der Waals surface area contributed by atoms with Gasteiger partial charge < -0.3 is 9.73 Å². The Balaban J connectivity index is 2.44. The molecule has 1 unspecified atom stereocenters. The topological polar surface area (TPSA) is 43.0 Å². The molecule has 5 heteroatoms. The summed E-state index contributed by atoms with van der Waals surface area (Å²) in [4.78, 5) is 0. The Kier molecular flexibility index (Phi) is 4.82. The number of aromatic nitrogens is 2. The van der Waals surface area contributed by atoms with Gasteiger partial charge in [-0.05, 0) is 47.4 Å². The summed E-state index contributed by atoms with van der Waals surface area (Å²) < 4.78 is 8.72. The second kappa shape index (κ2) is 6.39. The van der Waals surface area contributed by atoms with Crippen molar-refractivity contribution in [1.29, 1.82) is 0 Å².